The summed E-state index contributed by atoms with van der Waals surface area (Å²) in [4.78, 5) is 16.2. The lowest BCUT2D eigenvalue weighted by Gasteiger charge is -2.34. The highest BCUT2D eigenvalue weighted by molar-refractivity contribution is 5.91. The van der Waals surface area contributed by atoms with Gasteiger partial charge in [-0.15, -0.1) is 0 Å². The van der Waals surface area contributed by atoms with Crippen LogP contribution in [0.5, 0.6) is 0 Å². The van der Waals surface area contributed by atoms with Crippen molar-refractivity contribution in [3.05, 3.63) is 65.2 Å². The van der Waals surface area contributed by atoms with Crippen LogP contribution in [0.3, 0.4) is 0 Å². The highest BCUT2D eigenvalue weighted by Crippen LogP contribution is 2.31. The summed E-state index contributed by atoms with van der Waals surface area (Å²) in [6.45, 7) is 4.88. The lowest BCUT2D eigenvalue weighted by molar-refractivity contribution is -0.0671. The van der Waals surface area contributed by atoms with Crippen molar-refractivity contribution in [2.45, 2.75) is 25.5 Å². The van der Waals surface area contributed by atoms with Crippen LogP contribution in [0, 0.1) is 6.92 Å². The number of benzene rings is 2. The van der Waals surface area contributed by atoms with E-state index in [2.05, 4.69) is 21.9 Å². The topological polar surface area (TPSA) is 62.2 Å². The zero-order chi connectivity index (χ0) is 20.8. The molecule has 6 heteroatoms. The highest BCUT2D eigenvalue weighted by Gasteiger charge is 2.28. The number of ether oxygens (including phenoxy) is 2. The maximum Gasteiger partial charge on any atom is 0.336 e. The molecule has 0 bridgehead atoms. The van der Waals surface area contributed by atoms with E-state index in [1.807, 2.05) is 44.3 Å². The van der Waals surface area contributed by atoms with Gasteiger partial charge in [-0.05, 0) is 36.6 Å². The van der Waals surface area contributed by atoms with Gasteiger partial charge in [0.05, 0.1) is 17.7 Å². The molecule has 0 aromatic heterocycles. The second kappa shape index (κ2) is 9.87. The fourth-order valence-corrected chi connectivity index (χ4v) is 4.04. The first-order valence-corrected chi connectivity index (χ1v) is 9.94. The number of anilines is 1. The summed E-state index contributed by atoms with van der Waals surface area (Å²) >= 11 is 0. The van der Waals surface area contributed by atoms with E-state index in [-0.39, 0.29) is 12.1 Å². The van der Waals surface area contributed by atoms with E-state index in [1.165, 1.54) is 5.56 Å². The minimum atomic E-state index is -0.897. The van der Waals surface area contributed by atoms with Crippen molar-refractivity contribution < 1.29 is 19.4 Å². The molecular formula is C23H30N2O4. The van der Waals surface area contributed by atoms with Crippen LogP contribution >= 0.6 is 0 Å². The van der Waals surface area contributed by atoms with Crippen molar-refractivity contribution in [2.24, 2.45) is 0 Å². The molecule has 0 amide bonds. The molecule has 1 N–H and O–H groups in total. The summed E-state index contributed by atoms with van der Waals surface area (Å²) in [6, 6.07) is 15.9. The van der Waals surface area contributed by atoms with Gasteiger partial charge in [0.25, 0.3) is 0 Å². The third kappa shape index (κ3) is 5.15. The van der Waals surface area contributed by atoms with Gasteiger partial charge in [-0.25, -0.2) is 4.79 Å². The van der Waals surface area contributed by atoms with Crippen LogP contribution in [0.25, 0.3) is 0 Å². The zero-order valence-electron chi connectivity index (χ0n) is 17.4. The minimum absolute atomic E-state index is 0.0973. The van der Waals surface area contributed by atoms with Gasteiger partial charge >= 0.3 is 5.97 Å². The predicted octanol–water partition coefficient (Wildman–Crippen LogP) is 3.57. The molecule has 2 aromatic carbocycles. The Labute approximate surface area is 172 Å². The summed E-state index contributed by atoms with van der Waals surface area (Å²) in [6.07, 6.45) is 1.18. The molecule has 1 aliphatic rings. The molecule has 0 saturated carbocycles. The quantitative estimate of drug-likeness (QED) is 0.652. The smallest absolute Gasteiger partial charge is 0.336 e. The molecule has 2 unspecified atom stereocenters. The van der Waals surface area contributed by atoms with Crippen molar-refractivity contribution in [3.8, 4) is 0 Å². The van der Waals surface area contributed by atoms with Crippen LogP contribution in [-0.4, -0.2) is 62.7 Å². The molecule has 1 heterocycles. The van der Waals surface area contributed by atoms with Crippen molar-refractivity contribution in [2.75, 3.05) is 45.5 Å². The zero-order valence-corrected chi connectivity index (χ0v) is 17.4. The third-order valence-electron chi connectivity index (χ3n) is 5.65. The molecule has 0 spiro atoms. The molecule has 1 fully saturated rings. The largest absolute Gasteiger partial charge is 0.478 e. The van der Waals surface area contributed by atoms with E-state index in [0.717, 1.165) is 37.3 Å². The van der Waals surface area contributed by atoms with E-state index in [1.54, 1.807) is 13.2 Å². The maximum atomic E-state index is 11.6. The molecule has 2 aromatic rings. The average molecular weight is 399 g/mol. The first-order chi connectivity index (χ1) is 14.0. The Morgan fingerprint density at radius 2 is 2.00 bits per heavy atom. The summed E-state index contributed by atoms with van der Waals surface area (Å²) in [5.41, 5.74) is 3.27. The van der Waals surface area contributed by atoms with E-state index in [4.69, 9.17) is 9.47 Å². The van der Waals surface area contributed by atoms with E-state index in [0.29, 0.717) is 12.4 Å². The Kier molecular flexibility index (Phi) is 7.25. The van der Waals surface area contributed by atoms with Crippen molar-refractivity contribution in [3.63, 3.8) is 0 Å². The number of likely N-dealkylation sites (N-methyl/N-ethyl adjacent to an activating group) is 1. The number of carbonyl (C=O) groups is 1. The number of methoxy groups -OCH3 is 1. The van der Waals surface area contributed by atoms with Crippen molar-refractivity contribution in [1.82, 2.24) is 4.90 Å². The summed E-state index contributed by atoms with van der Waals surface area (Å²) in [5, 5.41) is 9.51. The summed E-state index contributed by atoms with van der Waals surface area (Å²) in [5.74, 6) is -0.897. The molecule has 6 nitrogen and oxygen atoms in total. The number of rotatable bonds is 9. The van der Waals surface area contributed by atoms with E-state index in [9.17, 15) is 9.90 Å². The summed E-state index contributed by atoms with van der Waals surface area (Å²) < 4.78 is 10.8. The normalized spacial score (nSPS) is 18.0. The molecule has 1 saturated heterocycles. The minimum Gasteiger partial charge on any atom is -0.478 e. The van der Waals surface area contributed by atoms with Crippen LogP contribution < -0.4 is 4.90 Å². The molecular weight excluding hydrogens is 368 g/mol. The lowest BCUT2D eigenvalue weighted by atomic mass is 10.0. The Bertz CT molecular complexity index is 812. The lowest BCUT2D eigenvalue weighted by Crippen LogP contribution is -2.36. The second-order valence-electron chi connectivity index (χ2n) is 7.54. The fourth-order valence-electron chi connectivity index (χ4n) is 4.04. The van der Waals surface area contributed by atoms with Gasteiger partial charge in [0.1, 0.15) is 6.79 Å². The average Bonchev–Trinajstić information content (AvgIpc) is 3.18. The number of hydrogen-bond donors (Lipinski definition) is 1. The number of aromatic carboxylic acids is 1. The molecule has 2 atom stereocenters. The first kappa shape index (κ1) is 21.3. The Hall–Kier alpha value is -2.41. The number of carboxylic acids is 1. The van der Waals surface area contributed by atoms with Crippen LogP contribution in [0.4, 0.5) is 5.69 Å². The SMILES string of the molecule is COCOC1CCN(CC(c2ccccc2)N(C)c2cccc(C(=O)O)c2C)C1. The van der Waals surface area contributed by atoms with Crippen LogP contribution in [0.15, 0.2) is 48.5 Å². The molecule has 3 rings (SSSR count). The van der Waals surface area contributed by atoms with Gasteiger partial charge in [-0.3, -0.25) is 4.90 Å². The predicted molar refractivity (Wildman–Crippen MR) is 114 cm³/mol. The monoisotopic (exact) mass is 398 g/mol. The van der Waals surface area contributed by atoms with Crippen LogP contribution in [-0.2, 0) is 9.47 Å². The number of nitrogens with zero attached hydrogens (tertiary/aromatic N) is 2. The highest BCUT2D eigenvalue weighted by atomic mass is 16.7. The number of likely N-dealkylation sites (tertiary alicyclic amines) is 1. The van der Waals surface area contributed by atoms with Crippen LogP contribution in [0.1, 0.15) is 33.9 Å². The van der Waals surface area contributed by atoms with Gasteiger partial charge in [-0.2, -0.15) is 0 Å². The molecule has 29 heavy (non-hydrogen) atoms. The number of hydrogen-bond acceptors (Lipinski definition) is 5. The van der Waals surface area contributed by atoms with Crippen molar-refractivity contribution in [1.29, 1.82) is 0 Å². The Morgan fingerprint density at radius 1 is 1.24 bits per heavy atom. The number of carboxylic acid groups (broad SMARTS) is 1. The van der Waals surface area contributed by atoms with Gasteiger partial charge < -0.3 is 19.5 Å². The molecule has 0 radical (unpaired) electrons. The van der Waals surface area contributed by atoms with Crippen LogP contribution in [0.2, 0.25) is 0 Å². The molecule has 156 valence electrons. The third-order valence-corrected chi connectivity index (χ3v) is 5.65. The second-order valence-corrected chi connectivity index (χ2v) is 7.54. The Morgan fingerprint density at radius 3 is 2.69 bits per heavy atom. The van der Waals surface area contributed by atoms with E-state index < -0.39 is 5.97 Å². The van der Waals surface area contributed by atoms with Gasteiger partial charge in [-0.1, -0.05) is 36.4 Å². The van der Waals surface area contributed by atoms with E-state index >= 15 is 0 Å². The summed E-state index contributed by atoms with van der Waals surface area (Å²) in [7, 11) is 3.68. The fraction of sp³-hybridized carbons (Fsp3) is 0.435. The standard InChI is InChI=1S/C23H30N2O4/c1-17-20(23(26)27)10-7-11-21(17)24(2)22(18-8-5-4-6-9-18)15-25-13-12-19(14-25)29-16-28-3/h4-11,19,22H,12-16H2,1-3H3,(H,26,27). The molecule has 1 aliphatic heterocycles. The van der Waals surface area contributed by atoms with Gasteiger partial charge in [0, 0.05) is 39.5 Å². The van der Waals surface area contributed by atoms with Gasteiger partial charge in [0.15, 0.2) is 0 Å². The maximum absolute atomic E-state index is 11.6. The van der Waals surface area contributed by atoms with Crippen molar-refractivity contribution >= 4 is 11.7 Å². The van der Waals surface area contributed by atoms with Gasteiger partial charge in [0.2, 0.25) is 0 Å². The molecule has 0 aliphatic carbocycles. The first-order valence-electron chi connectivity index (χ1n) is 9.94. The Balaban J connectivity index is 1.84.